The van der Waals surface area contributed by atoms with Gasteiger partial charge < -0.3 is 9.47 Å². The maximum atomic E-state index is 13.1. The SMILES string of the molecule is COc1ccc(N2C(=O)[C@H]3N=NN(Cc4cccc(C)c4)[C@H]3C2=O)cc1OC. The lowest BCUT2D eigenvalue weighted by molar-refractivity contribution is -0.123. The molecule has 28 heavy (non-hydrogen) atoms. The third kappa shape index (κ3) is 2.87. The molecule has 1 saturated heterocycles. The van der Waals surface area contributed by atoms with Gasteiger partial charge in [0, 0.05) is 6.07 Å². The molecule has 0 radical (unpaired) electrons. The first-order valence-electron chi connectivity index (χ1n) is 8.86. The number of carbonyl (C=O) groups is 2. The fraction of sp³-hybridized carbons (Fsp3) is 0.300. The minimum absolute atomic E-state index is 0.347. The van der Waals surface area contributed by atoms with Crippen LogP contribution in [0.3, 0.4) is 0 Å². The molecule has 2 aliphatic rings. The monoisotopic (exact) mass is 380 g/mol. The predicted molar refractivity (Wildman–Crippen MR) is 101 cm³/mol. The highest BCUT2D eigenvalue weighted by atomic mass is 16.5. The van der Waals surface area contributed by atoms with Crippen molar-refractivity contribution >= 4 is 17.5 Å². The van der Waals surface area contributed by atoms with Crippen molar-refractivity contribution < 1.29 is 19.1 Å². The first-order valence-corrected chi connectivity index (χ1v) is 8.86. The van der Waals surface area contributed by atoms with Gasteiger partial charge in [0.05, 0.1) is 26.5 Å². The number of hydrogen-bond acceptors (Lipinski definition) is 7. The summed E-state index contributed by atoms with van der Waals surface area (Å²) in [6.45, 7) is 2.41. The van der Waals surface area contributed by atoms with Crippen molar-refractivity contribution in [3.63, 3.8) is 0 Å². The van der Waals surface area contributed by atoms with Gasteiger partial charge in [0.2, 0.25) is 0 Å². The second-order valence-electron chi connectivity index (χ2n) is 6.73. The average Bonchev–Trinajstić information content (AvgIpc) is 3.21. The number of carbonyl (C=O) groups excluding carboxylic acids is 2. The number of aryl methyl sites for hydroxylation is 1. The zero-order valence-corrected chi connectivity index (χ0v) is 15.8. The first-order chi connectivity index (χ1) is 13.5. The van der Waals surface area contributed by atoms with E-state index in [1.807, 2.05) is 31.2 Å². The summed E-state index contributed by atoms with van der Waals surface area (Å²) >= 11 is 0. The van der Waals surface area contributed by atoms with E-state index >= 15 is 0 Å². The molecule has 0 aliphatic carbocycles. The van der Waals surface area contributed by atoms with Crippen molar-refractivity contribution in [2.24, 2.45) is 10.3 Å². The number of nitrogens with zero attached hydrogens (tertiary/aromatic N) is 4. The number of methoxy groups -OCH3 is 2. The van der Waals surface area contributed by atoms with E-state index in [-0.39, 0.29) is 5.91 Å². The Morgan fingerprint density at radius 2 is 1.79 bits per heavy atom. The van der Waals surface area contributed by atoms with E-state index < -0.39 is 18.0 Å². The summed E-state index contributed by atoms with van der Waals surface area (Å²) in [7, 11) is 3.03. The van der Waals surface area contributed by atoms with Crippen molar-refractivity contribution in [1.82, 2.24) is 5.01 Å². The molecule has 8 nitrogen and oxygen atoms in total. The van der Waals surface area contributed by atoms with E-state index in [1.54, 1.807) is 23.2 Å². The Kier molecular flexibility index (Phi) is 4.46. The number of fused-ring (bicyclic) bond motifs is 1. The molecule has 2 atom stereocenters. The van der Waals surface area contributed by atoms with Crippen LogP contribution >= 0.6 is 0 Å². The maximum Gasteiger partial charge on any atom is 0.263 e. The molecule has 0 bridgehead atoms. The van der Waals surface area contributed by atoms with Crippen LogP contribution in [0.15, 0.2) is 52.8 Å². The van der Waals surface area contributed by atoms with Crippen LogP contribution < -0.4 is 14.4 Å². The van der Waals surface area contributed by atoms with E-state index in [0.29, 0.717) is 23.7 Å². The second kappa shape index (κ2) is 6.95. The van der Waals surface area contributed by atoms with Gasteiger partial charge >= 0.3 is 0 Å². The number of imide groups is 1. The highest BCUT2D eigenvalue weighted by molar-refractivity contribution is 6.25. The van der Waals surface area contributed by atoms with Gasteiger partial charge in [-0.15, -0.1) is 0 Å². The highest BCUT2D eigenvalue weighted by Gasteiger charge is 2.54. The zero-order valence-electron chi connectivity index (χ0n) is 15.8. The first kappa shape index (κ1) is 18.0. The van der Waals surface area contributed by atoms with E-state index in [1.165, 1.54) is 14.2 Å². The van der Waals surface area contributed by atoms with Crippen LogP contribution in [-0.4, -0.2) is 43.1 Å². The van der Waals surface area contributed by atoms with Crippen LogP contribution in [0.4, 0.5) is 5.69 Å². The lowest BCUT2D eigenvalue weighted by Gasteiger charge is -2.21. The fourth-order valence-electron chi connectivity index (χ4n) is 3.57. The molecular formula is C20H20N4O4. The molecule has 0 N–H and O–H groups in total. The van der Waals surface area contributed by atoms with Crippen LogP contribution in [0.5, 0.6) is 11.5 Å². The second-order valence-corrected chi connectivity index (χ2v) is 6.73. The minimum atomic E-state index is -0.828. The van der Waals surface area contributed by atoms with Crippen LogP contribution in [0, 0.1) is 6.92 Å². The van der Waals surface area contributed by atoms with Crippen molar-refractivity contribution in [2.75, 3.05) is 19.1 Å². The van der Waals surface area contributed by atoms with Crippen LogP contribution in [-0.2, 0) is 16.1 Å². The summed E-state index contributed by atoms with van der Waals surface area (Å²) in [6.07, 6.45) is 0. The number of ether oxygens (including phenoxy) is 2. The van der Waals surface area contributed by atoms with Crippen molar-refractivity contribution in [1.29, 1.82) is 0 Å². The molecule has 0 spiro atoms. The Hall–Kier alpha value is -3.42. The summed E-state index contributed by atoms with van der Waals surface area (Å²) in [5, 5.41) is 9.73. The average molecular weight is 380 g/mol. The Morgan fingerprint density at radius 1 is 1.00 bits per heavy atom. The lowest BCUT2D eigenvalue weighted by Crippen LogP contribution is -2.39. The normalized spacial score (nSPS) is 20.7. The van der Waals surface area contributed by atoms with Gasteiger partial charge in [-0.05, 0) is 24.6 Å². The number of amides is 2. The number of rotatable bonds is 5. The van der Waals surface area contributed by atoms with E-state index in [2.05, 4.69) is 10.3 Å². The molecule has 2 aromatic rings. The maximum absolute atomic E-state index is 13.1. The summed E-state index contributed by atoms with van der Waals surface area (Å²) < 4.78 is 10.5. The highest BCUT2D eigenvalue weighted by Crippen LogP contribution is 2.36. The quantitative estimate of drug-likeness (QED) is 0.744. The molecule has 2 aliphatic heterocycles. The van der Waals surface area contributed by atoms with Gasteiger partial charge in [-0.1, -0.05) is 35.1 Å². The summed E-state index contributed by atoms with van der Waals surface area (Å²) in [5.41, 5.74) is 2.54. The molecule has 0 aromatic heterocycles. The summed E-state index contributed by atoms with van der Waals surface area (Å²) in [4.78, 5) is 27.1. The number of hydrogen-bond donors (Lipinski definition) is 0. The third-order valence-electron chi connectivity index (χ3n) is 4.91. The van der Waals surface area contributed by atoms with Crippen molar-refractivity contribution in [2.45, 2.75) is 25.6 Å². The standard InChI is InChI=1S/C20H20N4O4/c1-12-5-4-6-13(9-12)11-23-18-17(21-22-23)19(25)24(20(18)26)14-7-8-15(27-2)16(10-14)28-3/h4-10,17-18H,11H2,1-3H3/t17-,18+/m0/s1. The minimum Gasteiger partial charge on any atom is -0.493 e. The van der Waals surface area contributed by atoms with Gasteiger partial charge in [-0.3, -0.25) is 14.6 Å². The summed E-state index contributed by atoms with van der Waals surface area (Å²) in [6, 6.07) is 11.3. The Bertz CT molecular complexity index is 974. The molecule has 2 aromatic carbocycles. The Morgan fingerprint density at radius 3 is 2.50 bits per heavy atom. The molecule has 0 saturated carbocycles. The van der Waals surface area contributed by atoms with Crippen LogP contribution in [0.1, 0.15) is 11.1 Å². The smallest absolute Gasteiger partial charge is 0.263 e. The van der Waals surface area contributed by atoms with Gasteiger partial charge in [0.1, 0.15) is 0 Å². The van der Waals surface area contributed by atoms with E-state index in [0.717, 1.165) is 16.0 Å². The van der Waals surface area contributed by atoms with E-state index in [9.17, 15) is 9.59 Å². The fourth-order valence-corrected chi connectivity index (χ4v) is 3.57. The van der Waals surface area contributed by atoms with Crippen molar-refractivity contribution in [3.8, 4) is 11.5 Å². The molecule has 4 rings (SSSR count). The molecule has 2 amide bonds. The van der Waals surface area contributed by atoms with Gasteiger partial charge in [-0.2, -0.15) is 5.11 Å². The number of benzene rings is 2. The van der Waals surface area contributed by atoms with Crippen LogP contribution in [0.2, 0.25) is 0 Å². The molecule has 0 unspecified atom stereocenters. The summed E-state index contributed by atoms with van der Waals surface area (Å²) in [5.74, 6) is 0.222. The molecule has 1 fully saturated rings. The molecule has 2 heterocycles. The molecule has 144 valence electrons. The van der Waals surface area contributed by atoms with Gasteiger partial charge in [0.25, 0.3) is 11.8 Å². The van der Waals surface area contributed by atoms with Gasteiger partial charge in [0.15, 0.2) is 23.6 Å². The Balaban J connectivity index is 1.61. The third-order valence-corrected chi connectivity index (χ3v) is 4.91. The zero-order chi connectivity index (χ0) is 19.8. The van der Waals surface area contributed by atoms with Crippen LogP contribution in [0.25, 0.3) is 0 Å². The lowest BCUT2D eigenvalue weighted by atomic mass is 10.1. The molecule has 8 heteroatoms. The largest absolute Gasteiger partial charge is 0.493 e. The van der Waals surface area contributed by atoms with Gasteiger partial charge in [-0.25, -0.2) is 4.90 Å². The molecular weight excluding hydrogens is 360 g/mol. The number of anilines is 1. The Labute approximate surface area is 162 Å². The predicted octanol–water partition coefficient (Wildman–Crippen LogP) is 2.51. The van der Waals surface area contributed by atoms with Crippen molar-refractivity contribution in [3.05, 3.63) is 53.6 Å². The van der Waals surface area contributed by atoms with E-state index in [4.69, 9.17) is 9.47 Å². The topological polar surface area (TPSA) is 83.8 Å².